The van der Waals surface area contributed by atoms with Crippen LogP contribution in [0.4, 0.5) is 13.2 Å². The third-order valence-electron chi connectivity index (χ3n) is 2.10. The number of ether oxygens (including phenoxy) is 1. The zero-order chi connectivity index (χ0) is 13.1. The zero-order valence-electron chi connectivity index (χ0n) is 9.19. The predicted octanol–water partition coefficient (Wildman–Crippen LogP) is 3.13. The first-order valence-corrected chi connectivity index (χ1v) is 5.39. The summed E-state index contributed by atoms with van der Waals surface area (Å²) < 4.78 is 42.9. The molecule has 0 fully saturated rings. The van der Waals surface area contributed by atoms with Gasteiger partial charge in [-0.05, 0) is 12.1 Å². The molecule has 0 unspecified atom stereocenters. The molecule has 3 nitrogen and oxygen atoms in total. The monoisotopic (exact) mass is 313 g/mol. The highest BCUT2D eigenvalue weighted by Crippen LogP contribution is 2.37. The van der Waals surface area contributed by atoms with Gasteiger partial charge in [-0.25, -0.2) is 0 Å². The number of benzene rings is 1. The molecule has 0 spiro atoms. The number of halogens is 4. The lowest BCUT2D eigenvalue weighted by Gasteiger charge is -2.14. The number of alkyl halides is 3. The lowest BCUT2D eigenvalue weighted by atomic mass is 10.1. The molecule has 0 bridgehead atoms. The average Bonchev–Trinajstić information content (AvgIpc) is 2.25. The molecule has 1 aromatic rings. The largest absolute Gasteiger partial charge is 0.496 e. The molecular formula is C10H11BrF3NO2. The van der Waals surface area contributed by atoms with Crippen LogP contribution in [0.15, 0.2) is 16.6 Å². The highest BCUT2D eigenvalue weighted by molar-refractivity contribution is 9.10. The number of hydrogen-bond donors (Lipinski definition) is 1. The van der Waals surface area contributed by atoms with Gasteiger partial charge in [0, 0.05) is 10.0 Å². The van der Waals surface area contributed by atoms with Crippen molar-refractivity contribution in [1.29, 1.82) is 0 Å². The Morgan fingerprint density at radius 1 is 1.29 bits per heavy atom. The maximum Gasteiger partial charge on any atom is 0.416 e. The van der Waals surface area contributed by atoms with E-state index < -0.39 is 11.7 Å². The number of nitrogens with one attached hydrogen (secondary N) is 1. The van der Waals surface area contributed by atoms with Gasteiger partial charge in [0.1, 0.15) is 5.75 Å². The van der Waals surface area contributed by atoms with Crippen molar-refractivity contribution >= 4 is 15.9 Å². The Morgan fingerprint density at radius 2 is 1.94 bits per heavy atom. The Balaban J connectivity index is 3.16. The van der Waals surface area contributed by atoms with Crippen molar-refractivity contribution in [2.75, 3.05) is 14.2 Å². The van der Waals surface area contributed by atoms with E-state index in [1.165, 1.54) is 14.2 Å². The van der Waals surface area contributed by atoms with Gasteiger partial charge in [0.15, 0.2) is 0 Å². The SMILES string of the molecule is CONCc1c(Br)cc(C(F)(F)F)cc1OC. The fraction of sp³-hybridized carbons (Fsp3) is 0.400. The standard InChI is InChI=1S/C10H11BrF3NO2/c1-16-9-4-6(10(12,13)14)3-8(11)7(9)5-15-17-2/h3-4,15H,5H2,1-2H3. The number of hydroxylamine groups is 1. The number of rotatable bonds is 4. The van der Waals surface area contributed by atoms with Gasteiger partial charge in [0.25, 0.3) is 0 Å². The fourth-order valence-corrected chi connectivity index (χ4v) is 1.86. The minimum atomic E-state index is -4.40. The van der Waals surface area contributed by atoms with E-state index in [1.807, 2.05) is 0 Å². The highest BCUT2D eigenvalue weighted by Gasteiger charge is 2.32. The summed E-state index contributed by atoms with van der Waals surface area (Å²) in [5.41, 5.74) is 2.34. The molecule has 17 heavy (non-hydrogen) atoms. The van der Waals surface area contributed by atoms with Crippen LogP contribution in [0.25, 0.3) is 0 Å². The van der Waals surface area contributed by atoms with Gasteiger partial charge in [-0.3, -0.25) is 0 Å². The maximum absolute atomic E-state index is 12.6. The molecule has 0 saturated carbocycles. The van der Waals surface area contributed by atoms with Gasteiger partial charge in [-0.2, -0.15) is 18.7 Å². The second-order valence-corrected chi connectivity index (χ2v) is 4.02. The summed E-state index contributed by atoms with van der Waals surface area (Å²) in [7, 11) is 2.74. The Kier molecular flexibility index (Phi) is 4.79. The molecule has 0 radical (unpaired) electrons. The predicted molar refractivity (Wildman–Crippen MR) is 59.5 cm³/mol. The van der Waals surface area contributed by atoms with E-state index in [1.54, 1.807) is 0 Å². The topological polar surface area (TPSA) is 30.5 Å². The van der Waals surface area contributed by atoms with Gasteiger partial charge in [0.05, 0.1) is 26.3 Å². The Hall–Kier alpha value is -0.790. The summed E-state index contributed by atoms with van der Waals surface area (Å²) in [4.78, 5) is 4.65. The summed E-state index contributed by atoms with van der Waals surface area (Å²) in [6.45, 7) is 0.235. The summed E-state index contributed by atoms with van der Waals surface area (Å²) in [6, 6.07) is 1.96. The molecule has 0 aliphatic carbocycles. The summed E-state index contributed by atoms with van der Waals surface area (Å²) in [6.07, 6.45) is -4.40. The minimum absolute atomic E-state index is 0.149. The maximum atomic E-state index is 12.6. The van der Waals surface area contributed by atoms with Crippen LogP contribution in [-0.4, -0.2) is 14.2 Å². The first-order valence-electron chi connectivity index (χ1n) is 4.59. The molecule has 0 amide bonds. The normalized spacial score (nSPS) is 11.6. The van der Waals surface area contributed by atoms with Crippen LogP contribution in [0, 0.1) is 0 Å². The molecule has 7 heteroatoms. The number of methoxy groups -OCH3 is 1. The molecule has 1 N–H and O–H groups in total. The zero-order valence-corrected chi connectivity index (χ0v) is 10.8. The second-order valence-electron chi connectivity index (χ2n) is 3.16. The summed E-state index contributed by atoms with van der Waals surface area (Å²) in [5.74, 6) is 0.149. The van der Waals surface area contributed by atoms with Gasteiger partial charge < -0.3 is 9.57 Å². The van der Waals surface area contributed by atoms with Crippen LogP contribution >= 0.6 is 15.9 Å². The van der Waals surface area contributed by atoms with Crippen molar-refractivity contribution in [3.05, 3.63) is 27.7 Å². The van der Waals surface area contributed by atoms with E-state index >= 15 is 0 Å². The molecule has 1 rings (SSSR count). The van der Waals surface area contributed by atoms with Crippen molar-refractivity contribution in [2.45, 2.75) is 12.7 Å². The van der Waals surface area contributed by atoms with Crippen LogP contribution in [-0.2, 0) is 17.6 Å². The number of hydrogen-bond acceptors (Lipinski definition) is 3. The smallest absolute Gasteiger partial charge is 0.416 e. The first kappa shape index (κ1) is 14.3. The van der Waals surface area contributed by atoms with Crippen molar-refractivity contribution in [3.63, 3.8) is 0 Å². The third kappa shape index (κ3) is 3.58. The van der Waals surface area contributed by atoms with Gasteiger partial charge >= 0.3 is 6.18 Å². The average molecular weight is 314 g/mol. The van der Waals surface area contributed by atoms with Crippen LogP contribution in [0.2, 0.25) is 0 Å². The second kappa shape index (κ2) is 5.70. The molecular weight excluding hydrogens is 303 g/mol. The molecule has 1 aromatic carbocycles. The van der Waals surface area contributed by atoms with E-state index in [2.05, 4.69) is 26.2 Å². The van der Waals surface area contributed by atoms with Crippen LogP contribution < -0.4 is 10.2 Å². The first-order chi connectivity index (χ1) is 7.90. The lowest BCUT2D eigenvalue weighted by molar-refractivity contribution is -0.137. The van der Waals surface area contributed by atoms with Crippen molar-refractivity contribution < 1.29 is 22.7 Å². The Morgan fingerprint density at radius 3 is 2.41 bits per heavy atom. The van der Waals surface area contributed by atoms with Gasteiger partial charge in [-0.1, -0.05) is 15.9 Å². The molecule has 0 aliphatic rings. The molecule has 0 heterocycles. The fourth-order valence-electron chi connectivity index (χ4n) is 1.27. The van der Waals surface area contributed by atoms with Crippen molar-refractivity contribution in [1.82, 2.24) is 5.48 Å². The molecule has 0 aliphatic heterocycles. The van der Waals surface area contributed by atoms with Crippen LogP contribution in [0.1, 0.15) is 11.1 Å². The van der Waals surface area contributed by atoms with Crippen LogP contribution in [0.3, 0.4) is 0 Å². The van der Waals surface area contributed by atoms with Gasteiger partial charge in [-0.15, -0.1) is 0 Å². The van der Waals surface area contributed by atoms with E-state index in [0.29, 0.717) is 10.0 Å². The summed E-state index contributed by atoms with van der Waals surface area (Å²) in [5, 5.41) is 0. The van der Waals surface area contributed by atoms with Crippen molar-refractivity contribution in [3.8, 4) is 5.75 Å². The Labute approximate surface area is 105 Å². The van der Waals surface area contributed by atoms with Gasteiger partial charge in [0.2, 0.25) is 0 Å². The third-order valence-corrected chi connectivity index (χ3v) is 2.80. The van der Waals surface area contributed by atoms with E-state index in [-0.39, 0.29) is 12.3 Å². The van der Waals surface area contributed by atoms with E-state index in [4.69, 9.17) is 4.74 Å². The Bertz CT molecular complexity index is 396. The van der Waals surface area contributed by atoms with Crippen LogP contribution in [0.5, 0.6) is 5.75 Å². The lowest BCUT2D eigenvalue weighted by Crippen LogP contribution is -2.13. The molecule has 0 aromatic heterocycles. The van der Waals surface area contributed by atoms with E-state index in [9.17, 15) is 13.2 Å². The summed E-state index contributed by atoms with van der Waals surface area (Å²) >= 11 is 3.09. The molecule has 96 valence electrons. The molecule has 0 atom stereocenters. The molecule has 0 saturated heterocycles. The van der Waals surface area contributed by atoms with E-state index in [0.717, 1.165) is 12.1 Å². The van der Waals surface area contributed by atoms with Crippen molar-refractivity contribution in [2.24, 2.45) is 0 Å². The highest BCUT2D eigenvalue weighted by atomic mass is 79.9. The minimum Gasteiger partial charge on any atom is -0.496 e. The quantitative estimate of drug-likeness (QED) is 0.866.